The van der Waals surface area contributed by atoms with E-state index in [1.165, 1.54) is 17.9 Å². The topological polar surface area (TPSA) is 55.9 Å². The number of nitrogens with one attached hydrogen (secondary N) is 1. The number of aromatic nitrogens is 2. The van der Waals surface area contributed by atoms with Crippen molar-refractivity contribution < 1.29 is 0 Å². The average molecular weight is 285 g/mol. The van der Waals surface area contributed by atoms with Crippen LogP contribution in [0.5, 0.6) is 0 Å². The molecule has 0 radical (unpaired) electrons. The number of nitrogens with two attached hydrogens (primary N) is 1. The molecule has 2 atom stereocenters. The van der Waals surface area contributed by atoms with E-state index in [1.54, 1.807) is 0 Å². The van der Waals surface area contributed by atoms with Crippen molar-refractivity contribution in [3.05, 3.63) is 16.1 Å². The predicted molar refractivity (Wildman–Crippen MR) is 66.5 cm³/mol. The fourth-order valence-electron chi connectivity index (χ4n) is 2.75. The van der Waals surface area contributed by atoms with Gasteiger partial charge in [0.25, 0.3) is 0 Å². The van der Waals surface area contributed by atoms with Gasteiger partial charge in [-0.25, -0.2) is 4.98 Å². The zero-order valence-corrected chi connectivity index (χ0v) is 10.8. The van der Waals surface area contributed by atoms with Crippen LogP contribution in [0.4, 0.5) is 0 Å². The molecule has 0 aliphatic carbocycles. The van der Waals surface area contributed by atoms with Crippen molar-refractivity contribution >= 4 is 15.9 Å². The second-order valence-corrected chi connectivity index (χ2v) is 5.56. The van der Waals surface area contributed by atoms with Crippen molar-refractivity contribution in [1.82, 2.24) is 14.9 Å². The second-order valence-electron chi connectivity index (χ2n) is 4.81. The molecule has 16 heavy (non-hydrogen) atoms. The van der Waals surface area contributed by atoms with Gasteiger partial charge >= 0.3 is 0 Å². The van der Waals surface area contributed by atoms with E-state index in [0.717, 1.165) is 37.1 Å². The third-order valence-corrected chi connectivity index (χ3v) is 4.28. The lowest BCUT2D eigenvalue weighted by Crippen LogP contribution is -2.33. The summed E-state index contributed by atoms with van der Waals surface area (Å²) in [6, 6.07) is 0.293. The molecule has 2 aliphatic heterocycles. The minimum absolute atomic E-state index is 0.293. The molecule has 3 N–H and O–H groups in total. The van der Waals surface area contributed by atoms with Crippen LogP contribution in [0.15, 0.2) is 4.60 Å². The Hall–Kier alpha value is -0.390. The Bertz CT molecular complexity index is 395. The molecule has 1 aromatic rings. The van der Waals surface area contributed by atoms with Gasteiger partial charge in [0.15, 0.2) is 0 Å². The first-order valence-corrected chi connectivity index (χ1v) is 6.76. The number of imidazole rings is 1. The summed E-state index contributed by atoms with van der Waals surface area (Å²) in [5.41, 5.74) is 7.38. The van der Waals surface area contributed by atoms with E-state index >= 15 is 0 Å². The van der Waals surface area contributed by atoms with Crippen LogP contribution in [-0.2, 0) is 13.0 Å². The molecule has 1 fully saturated rings. The van der Waals surface area contributed by atoms with Gasteiger partial charge in [-0.05, 0) is 41.7 Å². The highest BCUT2D eigenvalue weighted by atomic mass is 79.9. The number of hydrogen-bond donors (Lipinski definition) is 2. The third-order valence-electron chi connectivity index (χ3n) is 3.65. The first-order chi connectivity index (χ1) is 7.75. The Morgan fingerprint density at radius 3 is 3.06 bits per heavy atom. The van der Waals surface area contributed by atoms with E-state index in [2.05, 4.69) is 25.8 Å². The van der Waals surface area contributed by atoms with E-state index < -0.39 is 0 Å². The molecule has 4 nitrogen and oxygen atoms in total. The van der Waals surface area contributed by atoms with Crippen molar-refractivity contribution in [2.24, 2.45) is 5.73 Å². The summed E-state index contributed by atoms with van der Waals surface area (Å²) in [7, 11) is 0. The van der Waals surface area contributed by atoms with Crippen LogP contribution in [-0.4, -0.2) is 28.7 Å². The van der Waals surface area contributed by atoms with Crippen LogP contribution in [0.3, 0.4) is 0 Å². The van der Waals surface area contributed by atoms with Crippen LogP contribution in [0.1, 0.15) is 30.3 Å². The Morgan fingerprint density at radius 2 is 2.31 bits per heavy atom. The number of nitrogens with zero attached hydrogens (tertiary/aromatic N) is 2. The molecule has 88 valence electrons. The number of fused-ring (bicyclic) bond motifs is 1. The van der Waals surface area contributed by atoms with Gasteiger partial charge in [-0.15, -0.1) is 0 Å². The van der Waals surface area contributed by atoms with Crippen molar-refractivity contribution in [2.45, 2.75) is 37.8 Å². The molecular formula is C11H17BrN4. The van der Waals surface area contributed by atoms with E-state index in [0.29, 0.717) is 12.0 Å². The monoisotopic (exact) mass is 284 g/mol. The highest BCUT2D eigenvalue weighted by Crippen LogP contribution is 2.30. The van der Waals surface area contributed by atoms with Crippen molar-refractivity contribution in [1.29, 1.82) is 0 Å². The normalized spacial score (nSPS) is 29.4. The highest BCUT2D eigenvalue weighted by molar-refractivity contribution is 9.10. The van der Waals surface area contributed by atoms with E-state index in [1.807, 2.05) is 0 Å². The summed E-state index contributed by atoms with van der Waals surface area (Å²) < 4.78 is 3.37. The van der Waals surface area contributed by atoms with E-state index in [-0.39, 0.29) is 0 Å². The van der Waals surface area contributed by atoms with Crippen LogP contribution >= 0.6 is 15.9 Å². The lowest BCUT2D eigenvalue weighted by Gasteiger charge is -2.23. The molecule has 0 bridgehead atoms. The number of rotatable bonds is 1. The van der Waals surface area contributed by atoms with Gasteiger partial charge in [0.2, 0.25) is 0 Å². The third kappa shape index (κ3) is 1.71. The zero-order chi connectivity index (χ0) is 11.1. The Labute approximate surface area is 104 Å². The van der Waals surface area contributed by atoms with Gasteiger partial charge in [-0.2, -0.15) is 0 Å². The molecule has 0 aromatic carbocycles. The first-order valence-electron chi connectivity index (χ1n) is 5.97. The molecule has 1 saturated heterocycles. The fraction of sp³-hybridized carbons (Fsp3) is 0.727. The van der Waals surface area contributed by atoms with E-state index in [4.69, 9.17) is 10.7 Å². The SMILES string of the molecule is NC1CCc2c(Br)nc(C3CCNC3)n2C1. The maximum Gasteiger partial charge on any atom is 0.127 e. The van der Waals surface area contributed by atoms with Crippen molar-refractivity contribution in [3.8, 4) is 0 Å². The molecular weight excluding hydrogens is 268 g/mol. The van der Waals surface area contributed by atoms with Crippen LogP contribution in [0.2, 0.25) is 0 Å². The highest BCUT2D eigenvalue weighted by Gasteiger charge is 2.28. The standard InChI is InChI=1S/C11H17BrN4/c12-10-9-2-1-8(13)6-16(9)11(15-10)7-3-4-14-5-7/h7-8,14H,1-6,13H2. The Kier molecular flexibility index (Phi) is 2.77. The largest absolute Gasteiger partial charge is 0.329 e. The predicted octanol–water partition coefficient (Wildman–Crippen LogP) is 0.996. The maximum absolute atomic E-state index is 6.05. The first kappa shape index (κ1) is 10.7. The smallest absolute Gasteiger partial charge is 0.127 e. The molecule has 3 heterocycles. The molecule has 2 aliphatic rings. The minimum Gasteiger partial charge on any atom is -0.329 e. The summed E-state index contributed by atoms with van der Waals surface area (Å²) in [4.78, 5) is 4.69. The summed E-state index contributed by atoms with van der Waals surface area (Å²) in [6.07, 6.45) is 3.32. The lowest BCUT2D eigenvalue weighted by atomic mass is 10.0. The van der Waals surface area contributed by atoms with E-state index in [9.17, 15) is 0 Å². The fourth-order valence-corrected chi connectivity index (χ4v) is 3.35. The molecule has 1 aromatic heterocycles. The van der Waals surface area contributed by atoms with Gasteiger partial charge in [0.05, 0.1) is 5.69 Å². The van der Waals surface area contributed by atoms with Crippen LogP contribution < -0.4 is 11.1 Å². The molecule has 3 rings (SSSR count). The molecule has 0 amide bonds. The molecule has 0 spiro atoms. The second kappa shape index (κ2) is 4.13. The van der Waals surface area contributed by atoms with Crippen LogP contribution in [0, 0.1) is 0 Å². The van der Waals surface area contributed by atoms with Gasteiger partial charge in [-0.1, -0.05) is 0 Å². The van der Waals surface area contributed by atoms with Crippen LogP contribution in [0.25, 0.3) is 0 Å². The summed E-state index contributed by atoms with van der Waals surface area (Å²) in [5.74, 6) is 1.79. The lowest BCUT2D eigenvalue weighted by molar-refractivity contribution is 0.439. The molecule has 5 heteroatoms. The molecule has 0 saturated carbocycles. The van der Waals surface area contributed by atoms with Gasteiger partial charge in [0, 0.05) is 25.0 Å². The van der Waals surface area contributed by atoms with Crippen molar-refractivity contribution in [2.75, 3.05) is 13.1 Å². The Balaban J connectivity index is 1.98. The molecule has 2 unspecified atom stereocenters. The van der Waals surface area contributed by atoms with Gasteiger partial charge in [0.1, 0.15) is 10.4 Å². The van der Waals surface area contributed by atoms with Crippen molar-refractivity contribution in [3.63, 3.8) is 0 Å². The zero-order valence-electron chi connectivity index (χ0n) is 9.25. The number of hydrogen-bond acceptors (Lipinski definition) is 3. The van der Waals surface area contributed by atoms with Gasteiger partial charge < -0.3 is 15.6 Å². The number of halogens is 1. The summed E-state index contributed by atoms with van der Waals surface area (Å²) in [6.45, 7) is 3.09. The quantitative estimate of drug-likeness (QED) is 0.809. The summed E-state index contributed by atoms with van der Waals surface area (Å²) in [5, 5.41) is 3.40. The average Bonchev–Trinajstić information content (AvgIpc) is 2.86. The summed E-state index contributed by atoms with van der Waals surface area (Å²) >= 11 is 3.58. The Morgan fingerprint density at radius 1 is 1.44 bits per heavy atom. The maximum atomic E-state index is 6.05. The van der Waals surface area contributed by atoms with Gasteiger partial charge in [-0.3, -0.25) is 0 Å². The minimum atomic E-state index is 0.293.